The minimum Gasteiger partial charge on any atom is -0.508 e. The molecular formula is C14H21FN2O. The molecule has 1 fully saturated rings. The molecule has 0 aliphatic carbocycles. The molecule has 2 unspecified atom stereocenters. The summed E-state index contributed by atoms with van der Waals surface area (Å²) >= 11 is 0. The fourth-order valence-electron chi connectivity index (χ4n) is 2.73. The van der Waals surface area contributed by atoms with E-state index in [2.05, 4.69) is 10.2 Å². The molecule has 3 nitrogen and oxygen atoms in total. The van der Waals surface area contributed by atoms with Gasteiger partial charge in [-0.15, -0.1) is 0 Å². The molecule has 0 bridgehead atoms. The normalized spacial score (nSPS) is 22.3. The molecule has 1 aromatic carbocycles. The van der Waals surface area contributed by atoms with Crippen molar-refractivity contribution in [2.24, 2.45) is 5.92 Å². The molecule has 2 N–H and O–H groups in total. The molecule has 2 rings (SSSR count). The van der Waals surface area contributed by atoms with Gasteiger partial charge in [-0.05, 0) is 57.6 Å². The van der Waals surface area contributed by atoms with Gasteiger partial charge in [0.2, 0.25) is 0 Å². The predicted molar refractivity (Wildman–Crippen MR) is 70.1 cm³/mol. The Bertz CT molecular complexity index is 411. The lowest BCUT2D eigenvalue weighted by molar-refractivity contribution is 0.247. The SMILES string of the molecule is CNCC1CCN(C(C)c2cc(F)ccc2O)C1. The van der Waals surface area contributed by atoms with Gasteiger partial charge in [-0.1, -0.05) is 0 Å². The van der Waals surface area contributed by atoms with E-state index in [-0.39, 0.29) is 17.6 Å². The van der Waals surface area contributed by atoms with Gasteiger partial charge in [-0.3, -0.25) is 4.90 Å². The maximum absolute atomic E-state index is 13.3. The third-order valence-corrected chi connectivity index (χ3v) is 3.80. The Hall–Kier alpha value is -1.13. The molecule has 1 aromatic rings. The van der Waals surface area contributed by atoms with Crippen LogP contribution in [-0.2, 0) is 0 Å². The molecule has 1 aliphatic rings. The van der Waals surface area contributed by atoms with Crippen LogP contribution < -0.4 is 5.32 Å². The molecule has 4 heteroatoms. The Kier molecular flexibility index (Phi) is 4.19. The first-order valence-corrected chi connectivity index (χ1v) is 6.49. The van der Waals surface area contributed by atoms with Crippen LogP contribution in [-0.4, -0.2) is 36.7 Å². The quantitative estimate of drug-likeness (QED) is 0.861. The minimum absolute atomic E-state index is 0.0579. The van der Waals surface area contributed by atoms with Gasteiger partial charge in [0.15, 0.2) is 0 Å². The molecule has 0 amide bonds. The fraction of sp³-hybridized carbons (Fsp3) is 0.571. The van der Waals surface area contributed by atoms with E-state index in [9.17, 15) is 9.50 Å². The Morgan fingerprint density at radius 3 is 3.06 bits per heavy atom. The maximum Gasteiger partial charge on any atom is 0.123 e. The number of aromatic hydroxyl groups is 1. The summed E-state index contributed by atoms with van der Waals surface area (Å²) in [6.07, 6.45) is 1.15. The molecule has 1 aliphatic heterocycles. The molecule has 0 saturated carbocycles. The highest BCUT2D eigenvalue weighted by atomic mass is 19.1. The van der Waals surface area contributed by atoms with Crippen LogP contribution in [0.25, 0.3) is 0 Å². The molecule has 1 saturated heterocycles. The monoisotopic (exact) mass is 252 g/mol. The number of rotatable bonds is 4. The molecule has 18 heavy (non-hydrogen) atoms. The Morgan fingerprint density at radius 2 is 2.33 bits per heavy atom. The lowest BCUT2D eigenvalue weighted by atomic mass is 10.1. The zero-order valence-electron chi connectivity index (χ0n) is 11.0. The molecule has 0 radical (unpaired) electrons. The van der Waals surface area contributed by atoms with E-state index in [1.54, 1.807) is 0 Å². The van der Waals surface area contributed by atoms with Crippen LogP contribution in [0.15, 0.2) is 18.2 Å². The number of phenolic OH excluding ortho intramolecular Hbond substituents is 1. The number of likely N-dealkylation sites (tertiary alicyclic amines) is 1. The minimum atomic E-state index is -0.291. The summed E-state index contributed by atoms with van der Waals surface area (Å²) in [6.45, 7) is 5.04. The smallest absolute Gasteiger partial charge is 0.123 e. The van der Waals surface area contributed by atoms with Crippen LogP contribution >= 0.6 is 0 Å². The summed E-state index contributed by atoms with van der Waals surface area (Å²) < 4.78 is 13.3. The van der Waals surface area contributed by atoms with Gasteiger partial charge in [0, 0.05) is 18.2 Å². The van der Waals surface area contributed by atoms with E-state index in [0.717, 1.165) is 26.1 Å². The second-order valence-corrected chi connectivity index (χ2v) is 5.09. The van der Waals surface area contributed by atoms with Crippen LogP contribution in [0.4, 0.5) is 4.39 Å². The molecule has 0 spiro atoms. The lowest BCUT2D eigenvalue weighted by Crippen LogP contribution is -2.27. The largest absolute Gasteiger partial charge is 0.508 e. The third kappa shape index (κ3) is 2.82. The number of nitrogens with one attached hydrogen (secondary N) is 1. The molecule has 100 valence electrons. The zero-order valence-corrected chi connectivity index (χ0v) is 11.0. The van der Waals surface area contributed by atoms with Crippen molar-refractivity contribution < 1.29 is 9.50 Å². The van der Waals surface area contributed by atoms with Crippen LogP contribution in [0.2, 0.25) is 0 Å². The van der Waals surface area contributed by atoms with Crippen LogP contribution in [0.1, 0.15) is 24.9 Å². The second-order valence-electron chi connectivity index (χ2n) is 5.09. The number of hydrogen-bond acceptors (Lipinski definition) is 3. The molecule has 1 heterocycles. The summed E-state index contributed by atoms with van der Waals surface area (Å²) in [5.41, 5.74) is 0.681. The van der Waals surface area contributed by atoms with Gasteiger partial charge in [0.1, 0.15) is 11.6 Å². The lowest BCUT2D eigenvalue weighted by Gasteiger charge is -2.25. The van der Waals surface area contributed by atoms with Crippen molar-refractivity contribution >= 4 is 0 Å². The number of hydrogen-bond donors (Lipinski definition) is 2. The first kappa shape index (κ1) is 13.3. The van der Waals surface area contributed by atoms with Gasteiger partial charge in [0.25, 0.3) is 0 Å². The standard InChI is InChI=1S/C14H21FN2O/c1-10(13-7-12(15)3-4-14(13)18)17-6-5-11(9-17)8-16-2/h3-4,7,10-11,16,18H,5-6,8-9H2,1-2H3. The molecular weight excluding hydrogens is 231 g/mol. The maximum atomic E-state index is 13.3. The average molecular weight is 252 g/mol. The number of benzene rings is 1. The van der Waals surface area contributed by atoms with E-state index in [1.807, 2.05) is 14.0 Å². The van der Waals surface area contributed by atoms with Crippen molar-refractivity contribution in [1.82, 2.24) is 10.2 Å². The van der Waals surface area contributed by atoms with Gasteiger partial charge >= 0.3 is 0 Å². The Labute approximate surface area is 108 Å². The van der Waals surface area contributed by atoms with E-state index in [4.69, 9.17) is 0 Å². The summed E-state index contributed by atoms with van der Waals surface area (Å²) in [4.78, 5) is 2.30. The van der Waals surface area contributed by atoms with E-state index in [1.165, 1.54) is 18.2 Å². The van der Waals surface area contributed by atoms with Crippen molar-refractivity contribution in [3.63, 3.8) is 0 Å². The van der Waals surface area contributed by atoms with Crippen LogP contribution in [0.3, 0.4) is 0 Å². The highest BCUT2D eigenvalue weighted by Gasteiger charge is 2.27. The summed E-state index contributed by atoms with van der Waals surface area (Å²) in [6, 6.07) is 4.22. The number of nitrogens with zero attached hydrogens (tertiary/aromatic N) is 1. The predicted octanol–water partition coefficient (Wildman–Crippen LogP) is 2.13. The molecule has 2 atom stereocenters. The average Bonchev–Trinajstić information content (AvgIpc) is 2.80. The molecule has 0 aromatic heterocycles. The van der Waals surface area contributed by atoms with E-state index in [0.29, 0.717) is 11.5 Å². The van der Waals surface area contributed by atoms with Crippen molar-refractivity contribution in [2.75, 3.05) is 26.7 Å². The topological polar surface area (TPSA) is 35.5 Å². The first-order chi connectivity index (χ1) is 8.61. The fourth-order valence-corrected chi connectivity index (χ4v) is 2.73. The third-order valence-electron chi connectivity index (χ3n) is 3.80. The van der Waals surface area contributed by atoms with E-state index < -0.39 is 0 Å². The van der Waals surface area contributed by atoms with Gasteiger partial charge in [0.05, 0.1) is 0 Å². The van der Waals surface area contributed by atoms with Crippen molar-refractivity contribution in [3.05, 3.63) is 29.6 Å². The first-order valence-electron chi connectivity index (χ1n) is 6.49. The highest BCUT2D eigenvalue weighted by molar-refractivity contribution is 5.35. The zero-order chi connectivity index (χ0) is 13.1. The highest BCUT2D eigenvalue weighted by Crippen LogP contribution is 2.32. The Balaban J connectivity index is 2.07. The summed E-state index contributed by atoms with van der Waals surface area (Å²) in [5, 5.41) is 13.0. The summed E-state index contributed by atoms with van der Waals surface area (Å²) in [5.74, 6) is 0.537. The van der Waals surface area contributed by atoms with Gasteiger partial charge in [-0.2, -0.15) is 0 Å². The summed E-state index contributed by atoms with van der Waals surface area (Å²) in [7, 11) is 1.96. The van der Waals surface area contributed by atoms with Crippen LogP contribution in [0, 0.1) is 11.7 Å². The van der Waals surface area contributed by atoms with Crippen molar-refractivity contribution in [2.45, 2.75) is 19.4 Å². The van der Waals surface area contributed by atoms with Crippen molar-refractivity contribution in [1.29, 1.82) is 0 Å². The van der Waals surface area contributed by atoms with E-state index >= 15 is 0 Å². The number of halogens is 1. The van der Waals surface area contributed by atoms with Gasteiger partial charge < -0.3 is 10.4 Å². The van der Waals surface area contributed by atoms with Gasteiger partial charge in [-0.25, -0.2) is 4.39 Å². The van der Waals surface area contributed by atoms with Crippen LogP contribution in [0.5, 0.6) is 5.75 Å². The Morgan fingerprint density at radius 1 is 1.56 bits per heavy atom. The number of phenols is 1. The van der Waals surface area contributed by atoms with Crippen molar-refractivity contribution in [3.8, 4) is 5.75 Å². The second kappa shape index (κ2) is 5.67.